The highest BCUT2D eigenvalue weighted by Gasteiger charge is 2.18. The van der Waals surface area contributed by atoms with Crippen molar-refractivity contribution in [3.63, 3.8) is 0 Å². The van der Waals surface area contributed by atoms with Crippen LogP contribution in [-0.2, 0) is 11.3 Å². The lowest BCUT2D eigenvalue weighted by molar-refractivity contribution is -0.114. The van der Waals surface area contributed by atoms with E-state index in [1.54, 1.807) is 16.7 Å². The Morgan fingerprint density at radius 1 is 1.48 bits per heavy atom. The maximum absolute atomic E-state index is 12.3. The molecule has 2 rings (SSSR count). The Balaban J connectivity index is 2.33. The van der Waals surface area contributed by atoms with Crippen molar-refractivity contribution in [1.29, 1.82) is 0 Å². The molecule has 23 heavy (non-hydrogen) atoms. The van der Waals surface area contributed by atoms with Crippen LogP contribution in [0.15, 0.2) is 37.1 Å². The van der Waals surface area contributed by atoms with Gasteiger partial charge >= 0.3 is 0 Å². The number of rotatable bonds is 6. The molecule has 0 spiro atoms. The van der Waals surface area contributed by atoms with Gasteiger partial charge in [0.2, 0.25) is 0 Å². The number of hydrogen-bond donors (Lipinski definition) is 0. The van der Waals surface area contributed by atoms with Gasteiger partial charge in [0.25, 0.3) is 5.91 Å². The summed E-state index contributed by atoms with van der Waals surface area (Å²) in [4.78, 5) is 13.9. The van der Waals surface area contributed by atoms with Crippen LogP contribution in [0.3, 0.4) is 0 Å². The Hall–Kier alpha value is -2.63. The summed E-state index contributed by atoms with van der Waals surface area (Å²) in [5, 5.41) is 8.22. The second-order valence-electron chi connectivity index (χ2n) is 5.56. The first kappa shape index (κ1) is 16.7. The van der Waals surface area contributed by atoms with Gasteiger partial charge in [0.1, 0.15) is 11.4 Å². The van der Waals surface area contributed by atoms with Crippen LogP contribution < -0.4 is 9.64 Å². The van der Waals surface area contributed by atoms with Gasteiger partial charge in [-0.15, -0.1) is 5.10 Å². The fraction of sp³-hybridized carbons (Fsp3) is 0.353. The van der Waals surface area contributed by atoms with Crippen LogP contribution in [0.25, 0.3) is 0 Å². The van der Waals surface area contributed by atoms with E-state index in [2.05, 4.69) is 16.9 Å². The van der Waals surface area contributed by atoms with Gasteiger partial charge < -0.3 is 9.64 Å². The Morgan fingerprint density at radius 3 is 2.74 bits per heavy atom. The monoisotopic (exact) mass is 314 g/mol. The molecule has 0 saturated heterocycles. The topological polar surface area (TPSA) is 60.2 Å². The Morgan fingerprint density at radius 2 is 2.22 bits per heavy atom. The van der Waals surface area contributed by atoms with Gasteiger partial charge in [0.15, 0.2) is 0 Å². The molecule has 0 bridgehead atoms. The zero-order valence-corrected chi connectivity index (χ0v) is 14.0. The van der Waals surface area contributed by atoms with E-state index in [0.717, 1.165) is 22.7 Å². The van der Waals surface area contributed by atoms with Gasteiger partial charge in [0, 0.05) is 11.7 Å². The van der Waals surface area contributed by atoms with E-state index < -0.39 is 0 Å². The number of anilines is 1. The molecule has 1 heterocycles. The third-order valence-corrected chi connectivity index (χ3v) is 3.54. The minimum atomic E-state index is -0.183. The van der Waals surface area contributed by atoms with E-state index in [9.17, 15) is 4.79 Å². The second kappa shape index (κ2) is 7.09. The number of hydrogen-bond acceptors (Lipinski definition) is 4. The van der Waals surface area contributed by atoms with E-state index >= 15 is 0 Å². The number of carbonyl (C=O) groups excluding carboxylic acids is 1. The third-order valence-electron chi connectivity index (χ3n) is 3.54. The Kier molecular flexibility index (Phi) is 5.16. The van der Waals surface area contributed by atoms with Crippen LogP contribution in [0.4, 0.5) is 5.69 Å². The van der Waals surface area contributed by atoms with Crippen LogP contribution in [-0.4, -0.2) is 28.0 Å². The van der Waals surface area contributed by atoms with Crippen molar-refractivity contribution >= 4 is 11.6 Å². The van der Waals surface area contributed by atoms with Gasteiger partial charge in [-0.1, -0.05) is 11.8 Å². The molecule has 0 unspecified atom stereocenters. The standard InChI is InChI=1S/C17H22N4O2/c1-6-17(22)20(10-14-11-21(12(2)3)19-18-14)16-8-7-15(23-5)9-13(16)4/h6-9,11-12H,1,10H2,2-5H3. The summed E-state index contributed by atoms with van der Waals surface area (Å²) in [6.07, 6.45) is 3.16. The number of benzene rings is 1. The fourth-order valence-electron chi connectivity index (χ4n) is 2.25. The third kappa shape index (κ3) is 3.77. The molecule has 0 fully saturated rings. The number of carbonyl (C=O) groups is 1. The lowest BCUT2D eigenvalue weighted by atomic mass is 10.1. The minimum absolute atomic E-state index is 0.183. The number of aryl methyl sites for hydroxylation is 1. The second-order valence-corrected chi connectivity index (χ2v) is 5.56. The number of nitrogens with zero attached hydrogens (tertiary/aromatic N) is 4. The highest BCUT2D eigenvalue weighted by atomic mass is 16.5. The molecule has 0 N–H and O–H groups in total. The summed E-state index contributed by atoms with van der Waals surface area (Å²) < 4.78 is 6.99. The average molecular weight is 314 g/mol. The van der Waals surface area contributed by atoms with Crippen molar-refractivity contribution in [1.82, 2.24) is 15.0 Å². The van der Waals surface area contributed by atoms with Crippen molar-refractivity contribution < 1.29 is 9.53 Å². The highest BCUT2D eigenvalue weighted by Crippen LogP contribution is 2.26. The SMILES string of the molecule is C=CC(=O)N(Cc1cn(C(C)C)nn1)c1ccc(OC)cc1C. The number of methoxy groups -OCH3 is 1. The fourth-order valence-corrected chi connectivity index (χ4v) is 2.25. The molecular weight excluding hydrogens is 292 g/mol. The van der Waals surface area contributed by atoms with E-state index in [0.29, 0.717) is 6.54 Å². The van der Waals surface area contributed by atoms with Crippen LogP contribution in [0.2, 0.25) is 0 Å². The summed E-state index contributed by atoms with van der Waals surface area (Å²) in [7, 11) is 1.62. The lowest BCUT2D eigenvalue weighted by Crippen LogP contribution is -2.29. The molecule has 0 saturated carbocycles. The molecule has 0 atom stereocenters. The highest BCUT2D eigenvalue weighted by molar-refractivity contribution is 6.01. The van der Waals surface area contributed by atoms with Crippen LogP contribution in [0, 0.1) is 6.92 Å². The molecule has 1 aromatic carbocycles. The molecule has 0 radical (unpaired) electrons. The predicted molar refractivity (Wildman–Crippen MR) is 89.5 cm³/mol. The van der Waals surface area contributed by atoms with E-state index in [-0.39, 0.29) is 11.9 Å². The first-order valence-corrected chi connectivity index (χ1v) is 7.45. The normalized spacial score (nSPS) is 10.7. The molecule has 0 aliphatic rings. The molecule has 1 amide bonds. The Bertz CT molecular complexity index is 706. The average Bonchev–Trinajstić information content (AvgIpc) is 3.01. The van der Waals surface area contributed by atoms with Crippen molar-refractivity contribution in [3.05, 3.63) is 48.3 Å². The first-order chi connectivity index (χ1) is 11.0. The molecule has 1 aromatic heterocycles. The smallest absolute Gasteiger partial charge is 0.250 e. The quantitative estimate of drug-likeness (QED) is 0.769. The largest absolute Gasteiger partial charge is 0.497 e. The summed E-state index contributed by atoms with van der Waals surface area (Å²) in [6.45, 7) is 9.92. The van der Waals surface area contributed by atoms with Crippen LogP contribution in [0.5, 0.6) is 5.75 Å². The molecule has 6 nitrogen and oxygen atoms in total. The van der Waals surface area contributed by atoms with Crippen LogP contribution >= 0.6 is 0 Å². The number of aromatic nitrogens is 3. The van der Waals surface area contributed by atoms with Crippen LogP contribution in [0.1, 0.15) is 31.1 Å². The van der Waals surface area contributed by atoms with E-state index in [1.165, 1.54) is 6.08 Å². The summed E-state index contributed by atoms with van der Waals surface area (Å²) in [5.74, 6) is 0.570. The first-order valence-electron chi connectivity index (χ1n) is 7.45. The molecule has 122 valence electrons. The molecular formula is C17H22N4O2. The summed E-state index contributed by atoms with van der Waals surface area (Å²) in [5.41, 5.74) is 2.47. The van der Waals surface area contributed by atoms with Gasteiger partial charge in [-0.05, 0) is 50.6 Å². The molecule has 6 heteroatoms. The maximum atomic E-state index is 12.3. The van der Waals surface area contributed by atoms with Crippen molar-refractivity contribution in [2.75, 3.05) is 12.0 Å². The summed E-state index contributed by atoms with van der Waals surface area (Å²) >= 11 is 0. The van der Waals surface area contributed by atoms with E-state index in [1.807, 2.05) is 45.2 Å². The number of amides is 1. The Labute approximate surface area is 136 Å². The van der Waals surface area contributed by atoms with Crippen molar-refractivity contribution in [2.45, 2.75) is 33.4 Å². The minimum Gasteiger partial charge on any atom is -0.497 e. The van der Waals surface area contributed by atoms with Gasteiger partial charge in [-0.2, -0.15) is 0 Å². The van der Waals surface area contributed by atoms with Gasteiger partial charge in [0.05, 0.1) is 19.9 Å². The van der Waals surface area contributed by atoms with Gasteiger partial charge in [-0.25, -0.2) is 4.68 Å². The molecule has 2 aromatic rings. The molecule has 0 aliphatic heterocycles. The summed E-state index contributed by atoms with van der Waals surface area (Å²) in [6, 6.07) is 5.81. The maximum Gasteiger partial charge on any atom is 0.250 e. The van der Waals surface area contributed by atoms with Crippen molar-refractivity contribution in [2.24, 2.45) is 0 Å². The lowest BCUT2D eigenvalue weighted by Gasteiger charge is -2.22. The number of ether oxygens (including phenoxy) is 1. The predicted octanol–water partition coefficient (Wildman–Crippen LogP) is 2.90. The van der Waals surface area contributed by atoms with Gasteiger partial charge in [-0.3, -0.25) is 4.79 Å². The molecule has 0 aliphatic carbocycles. The van der Waals surface area contributed by atoms with E-state index in [4.69, 9.17) is 4.74 Å². The zero-order chi connectivity index (χ0) is 17.0. The van der Waals surface area contributed by atoms with Crippen molar-refractivity contribution in [3.8, 4) is 5.75 Å². The zero-order valence-electron chi connectivity index (χ0n) is 14.0.